The van der Waals surface area contributed by atoms with Crippen LogP contribution in [0.2, 0.25) is 10.3 Å². The third-order valence-electron chi connectivity index (χ3n) is 2.40. The van der Waals surface area contributed by atoms with Crippen LogP contribution in [0.15, 0.2) is 30.5 Å². The quantitative estimate of drug-likeness (QED) is 0.871. The topological polar surface area (TPSA) is 72.0 Å². The van der Waals surface area contributed by atoms with E-state index in [0.29, 0.717) is 22.1 Å². The third-order valence-corrected chi connectivity index (χ3v) is 3.70. The van der Waals surface area contributed by atoms with Crippen molar-refractivity contribution < 1.29 is 8.42 Å². The molecular weight excluding hydrogens is 321 g/mol. The van der Waals surface area contributed by atoms with E-state index in [1.807, 2.05) is 0 Å². The van der Waals surface area contributed by atoms with E-state index in [2.05, 4.69) is 15.3 Å². The standard InChI is InChI=1S/C12H11Cl2N3O2S/c1-20(18,19)7-8-4-2-3-5-10(8)16-11-9(13)6-15-12(14)17-11/h2-6H,7H2,1H3,(H,15,16,17). The van der Waals surface area contributed by atoms with E-state index in [4.69, 9.17) is 23.2 Å². The average molecular weight is 332 g/mol. The molecule has 2 aromatic rings. The molecular formula is C12H11Cl2N3O2S. The van der Waals surface area contributed by atoms with Crippen LogP contribution in [-0.2, 0) is 15.6 Å². The molecule has 0 unspecified atom stereocenters. The number of sulfone groups is 1. The van der Waals surface area contributed by atoms with Crippen molar-refractivity contribution in [2.24, 2.45) is 0 Å². The second-order valence-electron chi connectivity index (χ2n) is 4.19. The Balaban J connectivity index is 2.36. The molecule has 0 spiro atoms. The number of rotatable bonds is 4. The van der Waals surface area contributed by atoms with E-state index in [1.54, 1.807) is 24.3 Å². The van der Waals surface area contributed by atoms with Crippen LogP contribution in [0.25, 0.3) is 0 Å². The lowest BCUT2D eigenvalue weighted by Gasteiger charge is -2.11. The molecule has 5 nitrogen and oxygen atoms in total. The Kier molecular flexibility index (Phi) is 4.47. The molecule has 0 saturated carbocycles. The molecule has 0 radical (unpaired) electrons. The predicted octanol–water partition coefficient (Wildman–Crippen LogP) is 3.07. The van der Waals surface area contributed by atoms with Crippen LogP contribution in [0, 0.1) is 0 Å². The summed E-state index contributed by atoms with van der Waals surface area (Å²) in [6.45, 7) is 0. The van der Waals surface area contributed by atoms with Crippen molar-refractivity contribution in [2.45, 2.75) is 5.75 Å². The maximum Gasteiger partial charge on any atom is 0.224 e. The number of nitrogens with zero attached hydrogens (tertiary/aromatic N) is 2. The van der Waals surface area contributed by atoms with Gasteiger partial charge in [0.25, 0.3) is 0 Å². The highest BCUT2D eigenvalue weighted by atomic mass is 35.5. The lowest BCUT2D eigenvalue weighted by atomic mass is 10.2. The number of nitrogens with one attached hydrogen (secondary N) is 1. The number of halogens is 2. The highest BCUT2D eigenvalue weighted by molar-refractivity contribution is 7.89. The highest BCUT2D eigenvalue weighted by Crippen LogP contribution is 2.26. The molecule has 0 bridgehead atoms. The molecule has 2 rings (SSSR count). The molecule has 8 heteroatoms. The molecule has 1 N–H and O–H groups in total. The summed E-state index contributed by atoms with van der Waals surface area (Å²) in [4.78, 5) is 7.72. The first-order chi connectivity index (χ1) is 9.35. The van der Waals surface area contributed by atoms with Crippen molar-refractivity contribution >= 4 is 44.5 Å². The monoisotopic (exact) mass is 331 g/mol. The summed E-state index contributed by atoms with van der Waals surface area (Å²) in [5.41, 5.74) is 1.23. The van der Waals surface area contributed by atoms with E-state index in [0.717, 1.165) is 0 Å². The second kappa shape index (κ2) is 5.95. The summed E-state index contributed by atoms with van der Waals surface area (Å²) in [7, 11) is -3.14. The van der Waals surface area contributed by atoms with Gasteiger partial charge in [0.05, 0.1) is 11.9 Å². The van der Waals surface area contributed by atoms with Gasteiger partial charge >= 0.3 is 0 Å². The normalized spacial score (nSPS) is 11.3. The Morgan fingerprint density at radius 2 is 1.95 bits per heavy atom. The van der Waals surface area contributed by atoms with Gasteiger partial charge in [0, 0.05) is 11.9 Å². The summed E-state index contributed by atoms with van der Waals surface area (Å²) in [5, 5.41) is 3.32. The minimum absolute atomic E-state index is 0.0532. The number of hydrogen-bond donors (Lipinski definition) is 1. The summed E-state index contributed by atoms with van der Waals surface area (Å²) in [5.74, 6) is 0.250. The fourth-order valence-electron chi connectivity index (χ4n) is 1.61. The Morgan fingerprint density at radius 3 is 2.65 bits per heavy atom. The number of hydrogen-bond acceptors (Lipinski definition) is 5. The van der Waals surface area contributed by atoms with Crippen molar-refractivity contribution in [2.75, 3.05) is 11.6 Å². The van der Waals surface area contributed by atoms with Gasteiger partial charge in [-0.25, -0.2) is 13.4 Å². The van der Waals surface area contributed by atoms with Crippen LogP contribution in [0.4, 0.5) is 11.5 Å². The van der Waals surface area contributed by atoms with E-state index >= 15 is 0 Å². The minimum Gasteiger partial charge on any atom is -0.339 e. The molecule has 0 aliphatic carbocycles. The first-order valence-electron chi connectivity index (χ1n) is 5.56. The molecule has 0 amide bonds. The maximum absolute atomic E-state index is 11.4. The number of aromatic nitrogens is 2. The molecule has 0 fully saturated rings. The smallest absolute Gasteiger partial charge is 0.224 e. The molecule has 106 valence electrons. The molecule has 1 aromatic heterocycles. The van der Waals surface area contributed by atoms with Crippen LogP contribution < -0.4 is 5.32 Å². The third kappa shape index (κ3) is 4.06. The Bertz CT molecular complexity index is 735. The lowest BCUT2D eigenvalue weighted by molar-refractivity contribution is 0.601. The van der Waals surface area contributed by atoms with Crippen LogP contribution in [0.5, 0.6) is 0 Å². The van der Waals surface area contributed by atoms with Crippen LogP contribution in [0.3, 0.4) is 0 Å². The fraction of sp³-hybridized carbons (Fsp3) is 0.167. The molecule has 1 aromatic carbocycles. The predicted molar refractivity (Wildman–Crippen MR) is 80.3 cm³/mol. The van der Waals surface area contributed by atoms with Gasteiger partial charge in [0.2, 0.25) is 5.28 Å². The molecule has 20 heavy (non-hydrogen) atoms. The average Bonchev–Trinajstić information content (AvgIpc) is 2.34. The zero-order valence-electron chi connectivity index (χ0n) is 10.5. The second-order valence-corrected chi connectivity index (χ2v) is 7.07. The molecule has 0 aliphatic heterocycles. The van der Waals surface area contributed by atoms with Gasteiger partial charge in [-0.1, -0.05) is 29.8 Å². The first kappa shape index (κ1) is 15.0. The van der Waals surface area contributed by atoms with Gasteiger partial charge in [-0.15, -0.1) is 0 Å². The molecule has 0 atom stereocenters. The van der Waals surface area contributed by atoms with Crippen LogP contribution in [-0.4, -0.2) is 24.6 Å². The van der Waals surface area contributed by atoms with Crippen molar-refractivity contribution in [3.8, 4) is 0 Å². The summed E-state index contributed by atoms with van der Waals surface area (Å²) in [6, 6.07) is 7.01. The van der Waals surface area contributed by atoms with Crippen molar-refractivity contribution in [3.63, 3.8) is 0 Å². The van der Waals surface area contributed by atoms with Gasteiger partial charge in [0.15, 0.2) is 15.7 Å². The van der Waals surface area contributed by atoms with Gasteiger partial charge in [0.1, 0.15) is 5.02 Å². The largest absolute Gasteiger partial charge is 0.339 e. The lowest BCUT2D eigenvalue weighted by Crippen LogP contribution is -2.05. The van der Waals surface area contributed by atoms with Gasteiger partial charge < -0.3 is 5.32 Å². The van der Waals surface area contributed by atoms with E-state index in [1.165, 1.54) is 12.5 Å². The fourth-order valence-corrected chi connectivity index (χ4v) is 2.70. The van der Waals surface area contributed by atoms with Crippen LogP contribution in [0.1, 0.15) is 5.56 Å². The van der Waals surface area contributed by atoms with Crippen molar-refractivity contribution in [1.82, 2.24) is 9.97 Å². The summed E-state index contributed by atoms with van der Waals surface area (Å²) >= 11 is 11.7. The molecule has 0 aliphatic rings. The Hall–Kier alpha value is -1.37. The molecule has 1 heterocycles. The zero-order valence-corrected chi connectivity index (χ0v) is 12.8. The van der Waals surface area contributed by atoms with E-state index in [9.17, 15) is 8.42 Å². The summed E-state index contributed by atoms with van der Waals surface area (Å²) in [6.07, 6.45) is 2.55. The van der Waals surface area contributed by atoms with Crippen molar-refractivity contribution in [3.05, 3.63) is 46.3 Å². The van der Waals surface area contributed by atoms with Gasteiger partial charge in [-0.3, -0.25) is 0 Å². The van der Waals surface area contributed by atoms with Crippen LogP contribution >= 0.6 is 23.2 Å². The summed E-state index contributed by atoms with van der Waals surface area (Å²) < 4.78 is 22.9. The van der Waals surface area contributed by atoms with Gasteiger partial charge in [-0.05, 0) is 23.2 Å². The number of anilines is 2. The van der Waals surface area contributed by atoms with E-state index in [-0.39, 0.29) is 11.0 Å². The maximum atomic E-state index is 11.4. The van der Waals surface area contributed by atoms with Crippen molar-refractivity contribution in [1.29, 1.82) is 0 Å². The number of benzene rings is 1. The Labute approximate surface area is 126 Å². The molecule has 0 saturated heterocycles. The SMILES string of the molecule is CS(=O)(=O)Cc1ccccc1Nc1nc(Cl)ncc1Cl. The number of para-hydroxylation sites is 1. The minimum atomic E-state index is -3.14. The zero-order chi connectivity index (χ0) is 14.8. The Morgan fingerprint density at radius 1 is 1.25 bits per heavy atom. The van der Waals surface area contributed by atoms with E-state index < -0.39 is 9.84 Å². The first-order valence-corrected chi connectivity index (χ1v) is 8.37. The highest BCUT2D eigenvalue weighted by Gasteiger charge is 2.11. The van der Waals surface area contributed by atoms with Gasteiger partial charge in [-0.2, -0.15) is 4.98 Å².